The molecule has 0 unspecified atom stereocenters. The van der Waals surface area contributed by atoms with Crippen LogP contribution in [0.5, 0.6) is 0 Å². The Hall–Kier alpha value is -1.60. The Labute approximate surface area is 125 Å². The Morgan fingerprint density at radius 2 is 2.10 bits per heavy atom. The topological polar surface area (TPSA) is 71.0 Å². The second kappa shape index (κ2) is 6.91. The SMILES string of the molecule is COC=Nc1c(CS(C)(=O)=O)cccc1N1CCNCC1. The maximum Gasteiger partial charge on any atom is 0.174 e. The lowest BCUT2D eigenvalue weighted by Gasteiger charge is -2.30. The van der Waals surface area contributed by atoms with E-state index in [1.165, 1.54) is 19.8 Å². The van der Waals surface area contributed by atoms with Crippen molar-refractivity contribution in [1.82, 2.24) is 5.32 Å². The van der Waals surface area contributed by atoms with E-state index < -0.39 is 9.84 Å². The third kappa shape index (κ3) is 4.44. The molecule has 116 valence electrons. The van der Waals surface area contributed by atoms with Crippen LogP contribution >= 0.6 is 0 Å². The molecule has 0 radical (unpaired) electrons. The standard InChI is InChI=1S/C14H21N3O3S/c1-20-11-16-14-12(10-21(2,18)19)4-3-5-13(14)17-8-6-15-7-9-17/h3-5,11,15H,6-10H2,1-2H3. The first-order valence-electron chi connectivity index (χ1n) is 6.82. The molecule has 1 aliphatic heterocycles. The summed E-state index contributed by atoms with van der Waals surface area (Å²) >= 11 is 0. The van der Waals surface area contributed by atoms with E-state index in [0.717, 1.165) is 31.9 Å². The highest BCUT2D eigenvalue weighted by molar-refractivity contribution is 7.89. The molecule has 1 fully saturated rings. The molecule has 1 heterocycles. The Bertz CT molecular complexity index is 608. The molecule has 0 bridgehead atoms. The summed E-state index contributed by atoms with van der Waals surface area (Å²) in [6.45, 7) is 3.56. The molecule has 1 aromatic rings. The molecular formula is C14H21N3O3S. The summed E-state index contributed by atoms with van der Waals surface area (Å²) in [6, 6.07) is 5.65. The molecule has 1 aromatic carbocycles. The number of piperazine rings is 1. The predicted octanol–water partition coefficient (Wildman–Crippen LogP) is 0.947. The molecule has 1 saturated heterocycles. The number of nitrogens with one attached hydrogen (secondary N) is 1. The summed E-state index contributed by atoms with van der Waals surface area (Å²) in [5, 5.41) is 3.30. The average Bonchev–Trinajstić information content (AvgIpc) is 2.45. The van der Waals surface area contributed by atoms with Crippen LogP contribution in [0, 0.1) is 0 Å². The van der Waals surface area contributed by atoms with Crippen LogP contribution in [0.25, 0.3) is 0 Å². The summed E-state index contributed by atoms with van der Waals surface area (Å²) in [5.41, 5.74) is 2.32. The van der Waals surface area contributed by atoms with Gasteiger partial charge in [-0.2, -0.15) is 0 Å². The average molecular weight is 311 g/mol. The number of aliphatic imine (C=N–C) groups is 1. The van der Waals surface area contributed by atoms with Gasteiger partial charge in [-0.3, -0.25) is 0 Å². The van der Waals surface area contributed by atoms with Gasteiger partial charge in [-0.15, -0.1) is 0 Å². The van der Waals surface area contributed by atoms with Crippen LogP contribution in [-0.2, 0) is 20.3 Å². The highest BCUT2D eigenvalue weighted by atomic mass is 32.2. The van der Waals surface area contributed by atoms with Crippen molar-refractivity contribution in [3.05, 3.63) is 23.8 Å². The summed E-state index contributed by atoms with van der Waals surface area (Å²) < 4.78 is 28.1. The van der Waals surface area contributed by atoms with Gasteiger partial charge in [0.05, 0.1) is 24.2 Å². The maximum atomic E-state index is 11.6. The van der Waals surface area contributed by atoms with Gasteiger partial charge < -0.3 is 15.0 Å². The van der Waals surface area contributed by atoms with Crippen LogP contribution in [0.3, 0.4) is 0 Å². The Balaban J connectivity index is 2.42. The van der Waals surface area contributed by atoms with Gasteiger partial charge in [0.15, 0.2) is 16.2 Å². The number of para-hydroxylation sites is 1. The second-order valence-corrected chi connectivity index (χ2v) is 7.20. The summed E-state index contributed by atoms with van der Waals surface area (Å²) in [7, 11) is -1.60. The molecular weight excluding hydrogens is 290 g/mol. The van der Waals surface area contributed by atoms with E-state index in [-0.39, 0.29) is 5.75 Å². The number of hydrogen-bond acceptors (Lipinski definition) is 6. The van der Waals surface area contributed by atoms with Crippen molar-refractivity contribution in [3.63, 3.8) is 0 Å². The maximum absolute atomic E-state index is 11.6. The van der Waals surface area contributed by atoms with E-state index in [4.69, 9.17) is 4.74 Å². The molecule has 7 heteroatoms. The third-order valence-electron chi connectivity index (χ3n) is 3.26. The number of ether oxygens (including phenoxy) is 1. The fourth-order valence-electron chi connectivity index (χ4n) is 2.39. The molecule has 0 aliphatic carbocycles. The van der Waals surface area contributed by atoms with Crippen molar-refractivity contribution in [1.29, 1.82) is 0 Å². The molecule has 6 nitrogen and oxygen atoms in total. The minimum atomic E-state index is -3.12. The Morgan fingerprint density at radius 3 is 2.71 bits per heavy atom. The molecule has 0 aromatic heterocycles. The van der Waals surface area contributed by atoms with Crippen LogP contribution in [0.4, 0.5) is 11.4 Å². The molecule has 1 N–H and O–H groups in total. The first kappa shape index (κ1) is 15.8. The number of hydrogen-bond donors (Lipinski definition) is 1. The van der Waals surface area contributed by atoms with Gasteiger partial charge in [-0.1, -0.05) is 12.1 Å². The highest BCUT2D eigenvalue weighted by Gasteiger charge is 2.18. The van der Waals surface area contributed by atoms with E-state index in [1.54, 1.807) is 6.07 Å². The smallest absolute Gasteiger partial charge is 0.174 e. The summed E-state index contributed by atoms with van der Waals surface area (Å²) in [4.78, 5) is 6.52. The minimum absolute atomic E-state index is 0.0245. The van der Waals surface area contributed by atoms with Crippen molar-refractivity contribution in [2.24, 2.45) is 4.99 Å². The largest absolute Gasteiger partial charge is 0.486 e. The lowest BCUT2D eigenvalue weighted by atomic mass is 10.1. The van der Waals surface area contributed by atoms with Crippen molar-refractivity contribution >= 4 is 27.6 Å². The zero-order chi connectivity index (χ0) is 15.3. The number of anilines is 1. The zero-order valence-corrected chi connectivity index (χ0v) is 13.2. The minimum Gasteiger partial charge on any atom is -0.486 e. The molecule has 1 aliphatic rings. The van der Waals surface area contributed by atoms with Crippen molar-refractivity contribution in [2.75, 3.05) is 44.4 Å². The van der Waals surface area contributed by atoms with E-state index in [9.17, 15) is 8.42 Å². The lowest BCUT2D eigenvalue weighted by molar-refractivity contribution is 0.423. The lowest BCUT2D eigenvalue weighted by Crippen LogP contribution is -2.43. The van der Waals surface area contributed by atoms with Crippen LogP contribution < -0.4 is 10.2 Å². The van der Waals surface area contributed by atoms with Crippen LogP contribution in [-0.4, -0.2) is 54.4 Å². The van der Waals surface area contributed by atoms with Crippen molar-refractivity contribution in [2.45, 2.75) is 5.75 Å². The van der Waals surface area contributed by atoms with Crippen LogP contribution in [0.1, 0.15) is 5.56 Å². The zero-order valence-electron chi connectivity index (χ0n) is 12.4. The number of rotatable bonds is 5. The van der Waals surface area contributed by atoms with Crippen molar-refractivity contribution < 1.29 is 13.2 Å². The summed E-state index contributed by atoms with van der Waals surface area (Å²) in [5.74, 6) is -0.0245. The van der Waals surface area contributed by atoms with Gasteiger partial charge in [0, 0.05) is 32.4 Å². The van der Waals surface area contributed by atoms with E-state index in [2.05, 4.69) is 15.2 Å². The Morgan fingerprint density at radius 1 is 1.38 bits per heavy atom. The normalized spacial score (nSPS) is 16.4. The molecule has 0 atom stereocenters. The third-order valence-corrected chi connectivity index (χ3v) is 4.10. The van der Waals surface area contributed by atoms with Gasteiger partial charge in [0.2, 0.25) is 0 Å². The number of sulfone groups is 1. The fourth-order valence-corrected chi connectivity index (χ4v) is 3.19. The monoisotopic (exact) mass is 311 g/mol. The van der Waals surface area contributed by atoms with Crippen molar-refractivity contribution in [3.8, 4) is 0 Å². The number of methoxy groups -OCH3 is 1. The highest BCUT2D eigenvalue weighted by Crippen LogP contribution is 2.33. The fraction of sp³-hybridized carbons (Fsp3) is 0.500. The first-order chi connectivity index (χ1) is 10.0. The van der Waals surface area contributed by atoms with Crippen LogP contribution in [0.15, 0.2) is 23.2 Å². The van der Waals surface area contributed by atoms with Crippen LogP contribution in [0.2, 0.25) is 0 Å². The van der Waals surface area contributed by atoms with Gasteiger partial charge in [-0.25, -0.2) is 13.4 Å². The van der Waals surface area contributed by atoms with Gasteiger partial charge in [0.25, 0.3) is 0 Å². The molecule has 21 heavy (non-hydrogen) atoms. The molecule has 0 spiro atoms. The van der Waals surface area contributed by atoms with E-state index >= 15 is 0 Å². The van der Waals surface area contributed by atoms with E-state index in [1.807, 2.05) is 12.1 Å². The summed E-state index contributed by atoms with van der Waals surface area (Å²) in [6.07, 6.45) is 2.57. The molecule has 2 rings (SSSR count). The number of benzene rings is 1. The molecule has 0 amide bonds. The Kier molecular flexibility index (Phi) is 5.19. The van der Waals surface area contributed by atoms with Gasteiger partial charge in [-0.05, 0) is 11.6 Å². The molecule has 0 saturated carbocycles. The van der Waals surface area contributed by atoms with Gasteiger partial charge >= 0.3 is 0 Å². The quantitative estimate of drug-likeness (QED) is 0.647. The first-order valence-corrected chi connectivity index (χ1v) is 8.88. The second-order valence-electron chi connectivity index (χ2n) is 5.06. The van der Waals surface area contributed by atoms with Gasteiger partial charge in [0.1, 0.15) is 0 Å². The number of nitrogens with zero attached hydrogens (tertiary/aromatic N) is 2. The predicted molar refractivity (Wildman–Crippen MR) is 85.2 cm³/mol. The van der Waals surface area contributed by atoms with E-state index in [0.29, 0.717) is 11.3 Å².